The zero-order valence-corrected chi connectivity index (χ0v) is 8.96. The monoisotopic (exact) mass is 237 g/mol. The molecule has 1 aromatic carbocycles. The van der Waals surface area contributed by atoms with Crippen LogP contribution in [-0.2, 0) is 0 Å². The molecule has 0 bridgehead atoms. The Morgan fingerprint density at radius 1 is 1.06 bits per heavy atom. The van der Waals surface area contributed by atoms with Crippen LogP contribution >= 0.6 is 0 Å². The minimum atomic E-state index is -0.866. The normalized spacial score (nSPS) is 9.82. The van der Waals surface area contributed by atoms with Gasteiger partial charge in [0.1, 0.15) is 0 Å². The van der Waals surface area contributed by atoms with Gasteiger partial charge in [-0.2, -0.15) is 0 Å². The molecule has 0 spiro atoms. The van der Waals surface area contributed by atoms with E-state index in [1.165, 1.54) is 18.2 Å². The van der Waals surface area contributed by atoms with Crippen molar-refractivity contribution < 1.29 is 9.59 Å². The average Bonchev–Trinajstić information content (AvgIpc) is 2.27. The Hall–Kier alpha value is -2.32. The Kier molecular flexibility index (Phi) is 3.51. The second-order valence-corrected chi connectivity index (χ2v) is 3.23. The Morgan fingerprint density at radius 2 is 1.59 bits per heavy atom. The molecule has 8 N–H and O–H groups in total. The van der Waals surface area contributed by atoms with Gasteiger partial charge in [-0.1, -0.05) is 6.07 Å². The molecule has 0 saturated carbocycles. The predicted octanol–water partition coefficient (Wildman–Crippen LogP) is -0.614. The van der Waals surface area contributed by atoms with Gasteiger partial charge in [-0.15, -0.1) is 0 Å². The lowest BCUT2D eigenvalue weighted by Crippen LogP contribution is -2.43. The second-order valence-electron chi connectivity index (χ2n) is 3.23. The first-order valence-electron chi connectivity index (χ1n) is 4.49. The van der Waals surface area contributed by atoms with E-state index >= 15 is 0 Å². The molecular weight excluding hydrogens is 224 g/mol. The Balaban J connectivity index is 3.19. The number of nitrogens with two attached hydrogens (primary N) is 4. The number of hydrazine groups is 2. The molecule has 1 radical (unpaired) electrons. The number of rotatable bonds is 2. The molecule has 0 unspecified atom stereocenters. The van der Waals surface area contributed by atoms with Crippen molar-refractivity contribution in [2.45, 2.75) is 0 Å². The van der Waals surface area contributed by atoms with E-state index in [4.69, 9.17) is 23.2 Å². The van der Waals surface area contributed by atoms with E-state index in [2.05, 4.69) is 6.92 Å². The number of primary amides is 2. The Labute approximate surface area is 97.7 Å². The molecule has 0 heterocycles. The third-order valence-corrected chi connectivity index (χ3v) is 2.08. The zero-order chi connectivity index (χ0) is 13.2. The first-order valence-corrected chi connectivity index (χ1v) is 4.49. The van der Waals surface area contributed by atoms with Gasteiger partial charge in [-0.05, 0) is 24.6 Å². The van der Waals surface area contributed by atoms with Crippen molar-refractivity contribution in [3.05, 3.63) is 30.7 Å². The van der Waals surface area contributed by atoms with Crippen molar-refractivity contribution in [3.63, 3.8) is 0 Å². The van der Waals surface area contributed by atoms with Crippen LogP contribution in [0.25, 0.3) is 0 Å². The highest BCUT2D eigenvalue weighted by atomic mass is 16.2. The molecule has 8 nitrogen and oxygen atoms in total. The van der Waals surface area contributed by atoms with Crippen LogP contribution in [0.5, 0.6) is 0 Å². The fourth-order valence-corrected chi connectivity index (χ4v) is 1.17. The van der Waals surface area contributed by atoms with Crippen LogP contribution in [-0.4, -0.2) is 12.1 Å². The van der Waals surface area contributed by atoms with E-state index in [-0.39, 0.29) is 11.4 Å². The third kappa shape index (κ3) is 2.62. The van der Waals surface area contributed by atoms with Gasteiger partial charge in [0.15, 0.2) is 0 Å². The number of anilines is 2. The number of hydrogen-bond donors (Lipinski definition) is 4. The summed E-state index contributed by atoms with van der Waals surface area (Å²) in [5, 5.41) is 1.40. The van der Waals surface area contributed by atoms with Crippen molar-refractivity contribution >= 4 is 23.4 Å². The molecule has 0 aliphatic carbocycles. The van der Waals surface area contributed by atoms with Crippen LogP contribution in [0.1, 0.15) is 5.56 Å². The van der Waals surface area contributed by atoms with Crippen molar-refractivity contribution in [3.8, 4) is 0 Å². The average molecular weight is 237 g/mol. The maximum absolute atomic E-state index is 10.9. The van der Waals surface area contributed by atoms with Gasteiger partial charge in [0.2, 0.25) is 0 Å². The van der Waals surface area contributed by atoms with Crippen LogP contribution in [0, 0.1) is 6.92 Å². The molecule has 17 heavy (non-hydrogen) atoms. The Morgan fingerprint density at radius 3 is 2.06 bits per heavy atom. The number of carbonyl (C=O) groups is 2. The molecule has 1 rings (SSSR count). The quantitative estimate of drug-likeness (QED) is 0.308. The summed E-state index contributed by atoms with van der Waals surface area (Å²) in [6, 6.07) is 2.68. The van der Waals surface area contributed by atoms with Gasteiger partial charge < -0.3 is 11.5 Å². The van der Waals surface area contributed by atoms with Gasteiger partial charge >= 0.3 is 12.1 Å². The van der Waals surface area contributed by atoms with E-state index in [9.17, 15) is 9.59 Å². The molecule has 0 aliphatic heterocycles. The predicted molar refractivity (Wildman–Crippen MR) is 63.4 cm³/mol. The highest BCUT2D eigenvalue weighted by Gasteiger charge is 2.14. The van der Waals surface area contributed by atoms with E-state index in [1.54, 1.807) is 0 Å². The minimum absolute atomic E-state index is 0.228. The van der Waals surface area contributed by atoms with Gasteiger partial charge in [0.25, 0.3) is 0 Å². The summed E-state index contributed by atoms with van der Waals surface area (Å²) in [5.41, 5.74) is 11.0. The molecule has 0 saturated heterocycles. The number of amides is 4. The van der Waals surface area contributed by atoms with Crippen molar-refractivity contribution in [1.82, 2.24) is 0 Å². The SMILES string of the molecule is [CH2]c1ccc(N(N)C(N)=O)cc1N(N)C(N)=O. The fourth-order valence-electron chi connectivity index (χ4n) is 1.17. The standard InChI is InChI=1S/C9H13N6O2/c1-5-2-3-6(14(12)8(10)16)4-7(5)15(13)9(11)17/h2-4H,1,12-13H2,(H2,10,16)(H2,11,17). The second kappa shape index (κ2) is 4.68. The van der Waals surface area contributed by atoms with Crippen molar-refractivity contribution in [1.29, 1.82) is 0 Å². The lowest BCUT2D eigenvalue weighted by atomic mass is 10.1. The lowest BCUT2D eigenvalue weighted by Gasteiger charge is -2.20. The molecule has 0 aliphatic rings. The molecule has 0 fully saturated rings. The smallest absolute Gasteiger partial charge is 0.333 e. The summed E-state index contributed by atoms with van der Waals surface area (Å²) >= 11 is 0. The minimum Gasteiger partial charge on any atom is -0.350 e. The van der Waals surface area contributed by atoms with Crippen molar-refractivity contribution in [2.75, 3.05) is 10.0 Å². The third-order valence-electron chi connectivity index (χ3n) is 2.08. The summed E-state index contributed by atoms with van der Waals surface area (Å²) in [7, 11) is 0. The summed E-state index contributed by atoms with van der Waals surface area (Å²) in [6.45, 7) is 3.66. The highest BCUT2D eigenvalue weighted by Crippen LogP contribution is 2.23. The molecular formula is C9H13N6O2. The maximum Gasteiger partial charge on any atom is 0.333 e. The van der Waals surface area contributed by atoms with Crippen LogP contribution < -0.4 is 33.2 Å². The number of nitrogens with zero attached hydrogens (tertiary/aromatic N) is 2. The topological polar surface area (TPSA) is 145 Å². The lowest BCUT2D eigenvalue weighted by molar-refractivity contribution is 0.253. The molecule has 8 heteroatoms. The van der Waals surface area contributed by atoms with E-state index < -0.39 is 12.1 Å². The van der Waals surface area contributed by atoms with E-state index in [0.29, 0.717) is 15.6 Å². The number of benzene rings is 1. The van der Waals surface area contributed by atoms with Crippen molar-refractivity contribution in [2.24, 2.45) is 23.2 Å². The van der Waals surface area contributed by atoms with Crippen LogP contribution in [0.15, 0.2) is 18.2 Å². The fraction of sp³-hybridized carbons (Fsp3) is 0. The summed E-state index contributed by atoms with van der Waals surface area (Å²) < 4.78 is 0. The zero-order valence-electron chi connectivity index (χ0n) is 8.96. The molecule has 0 aromatic heterocycles. The van der Waals surface area contributed by atoms with Crippen LogP contribution in [0.3, 0.4) is 0 Å². The first-order chi connectivity index (χ1) is 7.84. The molecule has 1 aromatic rings. The molecule has 91 valence electrons. The first kappa shape index (κ1) is 12.7. The van der Waals surface area contributed by atoms with E-state index in [0.717, 1.165) is 0 Å². The number of hydrogen-bond acceptors (Lipinski definition) is 4. The number of carbonyl (C=O) groups excluding carboxylic acids is 2. The summed E-state index contributed by atoms with van der Waals surface area (Å²) in [6.07, 6.45) is 0. The Bertz CT molecular complexity index is 461. The summed E-state index contributed by atoms with van der Waals surface area (Å²) in [4.78, 5) is 21.8. The van der Waals surface area contributed by atoms with Gasteiger partial charge in [0.05, 0.1) is 11.4 Å². The molecule has 0 atom stereocenters. The van der Waals surface area contributed by atoms with Crippen LogP contribution in [0.2, 0.25) is 0 Å². The van der Waals surface area contributed by atoms with E-state index in [1.807, 2.05) is 0 Å². The summed E-state index contributed by atoms with van der Waals surface area (Å²) in [5.74, 6) is 10.8. The number of urea groups is 2. The maximum atomic E-state index is 10.9. The van der Waals surface area contributed by atoms with Gasteiger partial charge in [-0.25, -0.2) is 31.3 Å². The largest absolute Gasteiger partial charge is 0.350 e. The van der Waals surface area contributed by atoms with Gasteiger partial charge in [-0.3, -0.25) is 0 Å². The van der Waals surface area contributed by atoms with Gasteiger partial charge in [0, 0.05) is 0 Å². The van der Waals surface area contributed by atoms with Crippen LogP contribution in [0.4, 0.5) is 21.0 Å². The highest BCUT2D eigenvalue weighted by molar-refractivity contribution is 5.94. The molecule has 4 amide bonds.